The third-order valence-corrected chi connectivity index (χ3v) is 6.71. The Kier molecular flexibility index (Phi) is 7.64. The maximum Gasteiger partial charge on any atom is 0.0961 e. The summed E-state index contributed by atoms with van der Waals surface area (Å²) in [4.78, 5) is 8.80. The molecule has 0 unspecified atom stereocenters. The maximum absolute atomic E-state index is 6.26. The van der Waals surface area contributed by atoms with Crippen LogP contribution in [0.2, 0.25) is 5.02 Å². The zero-order chi connectivity index (χ0) is 25.6. The Morgan fingerprint density at radius 2 is 1.22 bits per heavy atom. The van der Waals surface area contributed by atoms with Gasteiger partial charge < -0.3 is 13.9 Å². The lowest BCUT2D eigenvalue weighted by Gasteiger charge is -2.10. The Morgan fingerprint density at radius 3 is 1.81 bits per heavy atom. The van der Waals surface area contributed by atoms with Gasteiger partial charge in [-0.15, -0.1) is 0 Å². The summed E-state index contributed by atoms with van der Waals surface area (Å²) in [6, 6.07) is 30.8. The van der Waals surface area contributed by atoms with Gasteiger partial charge in [0.15, 0.2) is 0 Å². The fourth-order valence-corrected chi connectivity index (χ4v) is 4.72. The number of hydrogen-bond acceptors (Lipinski definition) is 3. The van der Waals surface area contributed by atoms with Gasteiger partial charge in [0, 0.05) is 18.7 Å². The van der Waals surface area contributed by atoms with Gasteiger partial charge in [0.2, 0.25) is 0 Å². The van der Waals surface area contributed by atoms with Crippen LogP contribution in [0.3, 0.4) is 0 Å². The zero-order valence-electron chi connectivity index (χ0n) is 21.0. The largest absolute Gasteiger partial charge is 0.380 e. The molecule has 0 radical (unpaired) electrons. The van der Waals surface area contributed by atoms with Crippen molar-refractivity contribution in [3.8, 4) is 0 Å². The van der Waals surface area contributed by atoms with Crippen LogP contribution in [0.5, 0.6) is 0 Å². The summed E-state index contributed by atoms with van der Waals surface area (Å²) in [6.45, 7) is 4.25. The van der Waals surface area contributed by atoms with Crippen molar-refractivity contribution >= 4 is 33.7 Å². The van der Waals surface area contributed by atoms with Gasteiger partial charge in [0.1, 0.15) is 0 Å². The smallest absolute Gasteiger partial charge is 0.0961 e. The SMILES string of the molecule is COCc1ccccc1Cn1cnc2ccccc21.Cc1ccc(Cn2cnc3ccccc32)c(Cl)c1. The number of para-hydroxylation sites is 4. The van der Waals surface area contributed by atoms with E-state index in [2.05, 4.69) is 61.6 Å². The molecule has 0 bridgehead atoms. The molecule has 2 aromatic heterocycles. The minimum Gasteiger partial charge on any atom is -0.380 e. The first-order valence-corrected chi connectivity index (χ1v) is 12.6. The van der Waals surface area contributed by atoms with E-state index in [0.29, 0.717) is 6.61 Å². The second-order valence-electron chi connectivity index (χ2n) is 9.02. The molecule has 0 saturated heterocycles. The summed E-state index contributed by atoms with van der Waals surface area (Å²) in [5.74, 6) is 0. The Labute approximate surface area is 221 Å². The van der Waals surface area contributed by atoms with Crippen LogP contribution in [0, 0.1) is 6.92 Å². The van der Waals surface area contributed by atoms with Crippen LogP contribution >= 0.6 is 11.6 Å². The average Bonchev–Trinajstić information content (AvgIpc) is 3.52. The predicted molar refractivity (Wildman–Crippen MR) is 151 cm³/mol. The van der Waals surface area contributed by atoms with Gasteiger partial charge in [0.05, 0.1) is 47.9 Å². The molecule has 0 atom stereocenters. The number of rotatable bonds is 6. The Hall–Kier alpha value is -3.93. The van der Waals surface area contributed by atoms with Gasteiger partial charge in [-0.25, -0.2) is 9.97 Å². The molecule has 0 N–H and O–H groups in total. The first kappa shape index (κ1) is 24.8. The van der Waals surface area contributed by atoms with E-state index in [-0.39, 0.29) is 0 Å². The fraction of sp³-hybridized carbons (Fsp3) is 0.161. The van der Waals surface area contributed by atoms with E-state index in [1.54, 1.807) is 7.11 Å². The van der Waals surface area contributed by atoms with Crippen LogP contribution in [0.1, 0.15) is 22.3 Å². The van der Waals surface area contributed by atoms with Gasteiger partial charge in [-0.05, 0) is 59.5 Å². The van der Waals surface area contributed by atoms with E-state index >= 15 is 0 Å². The van der Waals surface area contributed by atoms with Crippen LogP contribution in [0.4, 0.5) is 0 Å². The predicted octanol–water partition coefficient (Wildman–Crippen LogP) is 7.28. The van der Waals surface area contributed by atoms with Gasteiger partial charge in [-0.1, -0.05) is 72.3 Å². The molecule has 6 heteroatoms. The number of methoxy groups -OCH3 is 1. The second-order valence-corrected chi connectivity index (χ2v) is 9.43. The highest BCUT2D eigenvalue weighted by Crippen LogP contribution is 2.21. The number of ether oxygens (including phenoxy) is 1. The third kappa shape index (κ3) is 5.74. The highest BCUT2D eigenvalue weighted by Gasteiger charge is 2.07. The number of benzene rings is 4. The second kappa shape index (κ2) is 11.4. The Morgan fingerprint density at radius 1 is 0.676 bits per heavy atom. The Balaban J connectivity index is 0.000000152. The highest BCUT2D eigenvalue weighted by atomic mass is 35.5. The molecular weight excluding hydrogens is 480 g/mol. The molecule has 0 fully saturated rings. The molecule has 0 saturated carbocycles. The normalized spacial score (nSPS) is 11.0. The minimum atomic E-state index is 0.642. The minimum absolute atomic E-state index is 0.642. The van der Waals surface area contributed by atoms with Crippen LogP contribution < -0.4 is 0 Å². The molecule has 0 aliphatic rings. The molecule has 6 aromatic rings. The number of fused-ring (bicyclic) bond motifs is 2. The van der Waals surface area contributed by atoms with Crippen molar-refractivity contribution in [1.82, 2.24) is 19.1 Å². The first-order valence-electron chi connectivity index (χ1n) is 12.2. The summed E-state index contributed by atoms with van der Waals surface area (Å²) >= 11 is 6.26. The monoisotopic (exact) mass is 508 g/mol. The summed E-state index contributed by atoms with van der Waals surface area (Å²) in [6.07, 6.45) is 3.76. The quantitative estimate of drug-likeness (QED) is 0.237. The van der Waals surface area contributed by atoms with Crippen molar-refractivity contribution < 1.29 is 4.74 Å². The lowest BCUT2D eigenvalue weighted by molar-refractivity contribution is 0.184. The van der Waals surface area contributed by atoms with E-state index in [1.165, 1.54) is 16.7 Å². The van der Waals surface area contributed by atoms with Crippen molar-refractivity contribution in [2.45, 2.75) is 26.6 Å². The lowest BCUT2D eigenvalue weighted by atomic mass is 10.1. The lowest BCUT2D eigenvalue weighted by Crippen LogP contribution is -2.02. The molecule has 0 aliphatic heterocycles. The fourth-order valence-electron chi connectivity index (χ4n) is 4.43. The highest BCUT2D eigenvalue weighted by molar-refractivity contribution is 6.31. The molecule has 0 aliphatic carbocycles. The summed E-state index contributed by atoms with van der Waals surface area (Å²) < 4.78 is 9.54. The van der Waals surface area contributed by atoms with E-state index in [0.717, 1.165) is 45.7 Å². The van der Waals surface area contributed by atoms with Crippen molar-refractivity contribution in [3.05, 3.63) is 131 Å². The van der Waals surface area contributed by atoms with Gasteiger partial charge >= 0.3 is 0 Å². The van der Waals surface area contributed by atoms with Crippen LogP contribution in [0.15, 0.2) is 104 Å². The molecule has 5 nitrogen and oxygen atoms in total. The maximum atomic E-state index is 6.26. The summed E-state index contributed by atoms with van der Waals surface area (Å²) in [7, 11) is 1.73. The molecule has 4 aromatic carbocycles. The average molecular weight is 509 g/mol. The van der Waals surface area contributed by atoms with Crippen molar-refractivity contribution in [3.63, 3.8) is 0 Å². The number of nitrogens with zero attached hydrogens (tertiary/aromatic N) is 4. The number of aryl methyl sites for hydroxylation is 1. The number of halogens is 1. The van der Waals surface area contributed by atoms with Crippen LogP contribution in [0.25, 0.3) is 22.1 Å². The van der Waals surface area contributed by atoms with Crippen molar-refractivity contribution in [1.29, 1.82) is 0 Å². The van der Waals surface area contributed by atoms with Crippen molar-refractivity contribution in [2.75, 3.05) is 7.11 Å². The molecule has 0 amide bonds. The number of hydrogen-bond donors (Lipinski definition) is 0. The molecule has 0 spiro atoms. The standard InChI is InChI=1S/C16H16N2O.C15H13ClN2/c1-19-11-14-7-3-2-6-13(14)10-18-12-17-15-8-4-5-9-16(15)18;1-11-6-7-12(13(16)8-11)9-18-10-17-14-4-2-3-5-15(14)18/h2-9,12H,10-11H2,1H3;2-8,10H,9H2,1H3. The van der Waals surface area contributed by atoms with E-state index in [9.17, 15) is 0 Å². The van der Waals surface area contributed by atoms with Gasteiger partial charge in [-0.3, -0.25) is 0 Å². The third-order valence-electron chi connectivity index (χ3n) is 6.36. The molecular formula is C31H29ClN4O. The molecule has 37 heavy (non-hydrogen) atoms. The van der Waals surface area contributed by atoms with Gasteiger partial charge in [-0.2, -0.15) is 0 Å². The summed E-state index contributed by atoms with van der Waals surface area (Å²) in [5, 5.41) is 0.813. The summed E-state index contributed by atoms with van der Waals surface area (Å²) in [5.41, 5.74) is 9.14. The van der Waals surface area contributed by atoms with Crippen LogP contribution in [-0.2, 0) is 24.4 Å². The topological polar surface area (TPSA) is 44.9 Å². The number of imidazole rings is 2. The zero-order valence-corrected chi connectivity index (χ0v) is 21.8. The Bertz CT molecular complexity index is 1640. The van der Waals surface area contributed by atoms with E-state index < -0.39 is 0 Å². The molecule has 186 valence electrons. The molecule has 2 heterocycles. The molecule has 6 rings (SSSR count). The first-order chi connectivity index (χ1) is 18.1. The van der Waals surface area contributed by atoms with Gasteiger partial charge in [0.25, 0.3) is 0 Å². The number of aromatic nitrogens is 4. The van der Waals surface area contributed by atoms with Crippen LogP contribution in [-0.4, -0.2) is 26.2 Å². The van der Waals surface area contributed by atoms with E-state index in [1.807, 2.05) is 68.1 Å². The van der Waals surface area contributed by atoms with E-state index in [4.69, 9.17) is 16.3 Å². The van der Waals surface area contributed by atoms with Crippen molar-refractivity contribution in [2.24, 2.45) is 0 Å².